The maximum Gasteiger partial charge on any atom is 0.407 e. The van der Waals surface area contributed by atoms with Crippen LogP contribution < -0.4 is 5.32 Å². The third-order valence-corrected chi connectivity index (χ3v) is 8.63. The van der Waals surface area contributed by atoms with Gasteiger partial charge in [0.05, 0.1) is 10.5 Å². The number of para-hydroxylation sites is 1. The summed E-state index contributed by atoms with van der Waals surface area (Å²) in [5, 5.41) is 13.8. The molecule has 0 aromatic heterocycles. The molecule has 1 unspecified atom stereocenters. The van der Waals surface area contributed by atoms with Gasteiger partial charge in [-0.05, 0) is 38.5 Å². The summed E-state index contributed by atoms with van der Waals surface area (Å²) >= 11 is 0. The van der Waals surface area contributed by atoms with Gasteiger partial charge in [-0.3, -0.25) is 10.1 Å². The Hall–Kier alpha value is -1.93. The lowest BCUT2D eigenvalue weighted by atomic mass is 10.1. The quantitative estimate of drug-likeness (QED) is 0.282. The van der Waals surface area contributed by atoms with Crippen LogP contribution in [-0.4, -0.2) is 43.5 Å². The lowest BCUT2D eigenvalue weighted by Crippen LogP contribution is -2.48. The number of nitrogens with zero attached hydrogens (tertiary/aromatic N) is 2. The first-order chi connectivity index (χ1) is 12.2. The van der Waals surface area contributed by atoms with E-state index < -0.39 is 25.4 Å². The van der Waals surface area contributed by atoms with E-state index in [9.17, 15) is 14.9 Å². The van der Waals surface area contributed by atoms with Crippen LogP contribution in [0.1, 0.15) is 38.9 Å². The van der Waals surface area contributed by atoms with E-state index in [1.165, 1.54) is 6.07 Å². The number of nitro groups is 1. The number of rotatable bonds is 10. The number of carbonyl (C=O) groups is 1. The molecular weight excluding hydrogens is 350 g/mol. The van der Waals surface area contributed by atoms with Crippen molar-refractivity contribution in [1.82, 2.24) is 9.88 Å². The Morgan fingerprint density at radius 3 is 2.50 bits per heavy atom. The fraction of sp³-hybridized carbons (Fsp3) is 0.611. The lowest BCUT2D eigenvalue weighted by Gasteiger charge is -2.35. The zero-order valence-corrected chi connectivity index (χ0v) is 17.4. The van der Waals surface area contributed by atoms with Crippen LogP contribution in [0.5, 0.6) is 0 Å². The second-order valence-corrected chi connectivity index (χ2v) is 11.6. The molecule has 1 N–H and O–H groups in total. The Balaban J connectivity index is 2.47. The molecule has 146 valence electrons. The van der Waals surface area contributed by atoms with Gasteiger partial charge in [0.1, 0.15) is 14.3 Å². The Morgan fingerprint density at radius 1 is 1.31 bits per heavy atom. The van der Waals surface area contributed by atoms with Gasteiger partial charge in [0, 0.05) is 12.6 Å². The average molecular weight is 382 g/mol. The number of benzene rings is 1. The van der Waals surface area contributed by atoms with Gasteiger partial charge in [-0.15, -0.1) is 0 Å². The van der Waals surface area contributed by atoms with Gasteiger partial charge in [0.15, 0.2) is 0 Å². The van der Waals surface area contributed by atoms with Crippen molar-refractivity contribution >= 4 is 20.0 Å². The average Bonchev–Trinajstić information content (AvgIpc) is 2.59. The molecule has 1 atom stereocenters. The molecule has 0 saturated carbocycles. The second kappa shape index (κ2) is 10.3. The molecule has 1 aromatic carbocycles. The zero-order chi connectivity index (χ0) is 19.7. The third-order valence-electron chi connectivity index (χ3n) is 4.71. The molecule has 0 heterocycles. The zero-order valence-electron chi connectivity index (χ0n) is 16.4. The van der Waals surface area contributed by atoms with Crippen molar-refractivity contribution in [3.8, 4) is 0 Å². The summed E-state index contributed by atoms with van der Waals surface area (Å²) in [5.74, 6) is 0. The molecule has 26 heavy (non-hydrogen) atoms. The normalized spacial score (nSPS) is 12.7. The summed E-state index contributed by atoms with van der Waals surface area (Å²) in [4.78, 5) is 22.6. The van der Waals surface area contributed by atoms with Crippen LogP contribution in [0.2, 0.25) is 19.1 Å². The summed E-state index contributed by atoms with van der Waals surface area (Å²) in [6.07, 6.45) is -0.332. The maximum atomic E-state index is 12.0. The van der Waals surface area contributed by atoms with Gasteiger partial charge in [0.2, 0.25) is 0 Å². The molecule has 8 heteroatoms. The first-order valence-electron chi connectivity index (χ1n) is 9.15. The number of alkyl carbamates (subject to hydrolysis) is 1. The molecule has 1 amide bonds. The van der Waals surface area contributed by atoms with Gasteiger partial charge in [0.25, 0.3) is 5.69 Å². The van der Waals surface area contributed by atoms with Gasteiger partial charge in [-0.2, -0.15) is 0 Å². The maximum absolute atomic E-state index is 12.0. The summed E-state index contributed by atoms with van der Waals surface area (Å²) < 4.78 is 7.83. The molecule has 1 rings (SSSR count). The van der Waals surface area contributed by atoms with Crippen LogP contribution >= 0.6 is 0 Å². The smallest absolute Gasteiger partial charge is 0.407 e. The number of hydrogen-bond acceptors (Lipinski definition) is 5. The molecule has 0 saturated heterocycles. The summed E-state index contributed by atoms with van der Waals surface area (Å²) in [6, 6.07) is 7.39. The molecule has 1 aromatic rings. The number of ether oxygens (including phenoxy) is 1. The van der Waals surface area contributed by atoms with Crippen molar-refractivity contribution in [2.45, 2.75) is 52.4 Å². The monoisotopic (exact) mass is 381 g/mol. The summed E-state index contributed by atoms with van der Waals surface area (Å²) in [6.45, 7) is 13.3. The van der Waals surface area contributed by atoms with Crippen LogP contribution in [0.4, 0.5) is 10.5 Å². The Labute approximate surface area is 157 Å². The van der Waals surface area contributed by atoms with E-state index in [-0.39, 0.29) is 5.69 Å². The fourth-order valence-electron chi connectivity index (χ4n) is 3.21. The van der Waals surface area contributed by atoms with Crippen molar-refractivity contribution in [3.63, 3.8) is 0 Å². The lowest BCUT2D eigenvalue weighted by molar-refractivity contribution is -0.386. The van der Waals surface area contributed by atoms with Crippen LogP contribution in [0, 0.1) is 10.1 Å². The number of nitrogens with one attached hydrogen (secondary N) is 1. The molecule has 0 spiro atoms. The van der Waals surface area contributed by atoms with E-state index in [1.807, 2.05) is 0 Å². The highest BCUT2D eigenvalue weighted by molar-refractivity contribution is 6.74. The van der Waals surface area contributed by atoms with E-state index in [4.69, 9.17) is 4.74 Å². The molecule has 0 fully saturated rings. The van der Waals surface area contributed by atoms with Crippen molar-refractivity contribution in [2.24, 2.45) is 0 Å². The van der Waals surface area contributed by atoms with Crippen molar-refractivity contribution in [1.29, 1.82) is 0 Å². The van der Waals surface area contributed by atoms with Gasteiger partial charge < -0.3 is 14.6 Å². The number of nitro benzene ring substituents is 1. The third kappa shape index (κ3) is 6.42. The van der Waals surface area contributed by atoms with E-state index in [1.54, 1.807) is 25.1 Å². The predicted octanol–water partition coefficient (Wildman–Crippen LogP) is 4.32. The predicted molar refractivity (Wildman–Crippen MR) is 106 cm³/mol. The van der Waals surface area contributed by atoms with Crippen LogP contribution in [0.25, 0.3) is 0 Å². The molecule has 0 aliphatic rings. The van der Waals surface area contributed by atoms with E-state index >= 15 is 0 Å². The summed E-state index contributed by atoms with van der Waals surface area (Å²) in [7, 11) is -1.44. The van der Waals surface area contributed by atoms with Gasteiger partial charge in [-0.25, -0.2) is 4.79 Å². The van der Waals surface area contributed by atoms with Gasteiger partial charge >= 0.3 is 6.09 Å². The van der Waals surface area contributed by atoms with Crippen molar-refractivity contribution in [2.75, 3.05) is 19.6 Å². The Kier molecular flexibility index (Phi) is 8.74. The van der Waals surface area contributed by atoms with Crippen LogP contribution in [0.3, 0.4) is 0 Å². The Morgan fingerprint density at radius 2 is 1.92 bits per heavy atom. The molecular formula is C18H31N3O4Si. The van der Waals surface area contributed by atoms with Crippen molar-refractivity contribution < 1.29 is 14.5 Å². The minimum Gasteiger partial charge on any atom is -0.441 e. The molecule has 0 radical (unpaired) electrons. The molecule has 0 bridgehead atoms. The SMILES string of the molecule is CCN(CC)[Si](C)(C)CCCNC(=O)OC(C)c1ccccc1[N+](=O)[O-]. The number of hydrogen-bond donors (Lipinski definition) is 1. The highest BCUT2D eigenvalue weighted by Crippen LogP contribution is 2.26. The standard InChI is InChI=1S/C18H31N3O4Si/c1-6-20(7-2)26(4,5)14-10-13-19-18(22)25-15(3)16-11-8-9-12-17(16)21(23)24/h8-9,11-12,15H,6-7,10,13-14H2,1-5H3,(H,19,22). The number of carbonyl (C=O) groups excluding carboxylic acids is 1. The molecule has 0 aliphatic carbocycles. The molecule has 0 aliphatic heterocycles. The largest absolute Gasteiger partial charge is 0.441 e. The van der Waals surface area contributed by atoms with E-state index in [0.29, 0.717) is 12.1 Å². The highest BCUT2D eigenvalue weighted by Gasteiger charge is 2.26. The first-order valence-corrected chi connectivity index (χ1v) is 12.3. The minimum atomic E-state index is -1.44. The second-order valence-electron chi connectivity index (χ2n) is 6.88. The first kappa shape index (κ1) is 22.1. The van der Waals surface area contributed by atoms with Crippen LogP contribution in [-0.2, 0) is 4.74 Å². The summed E-state index contributed by atoms with van der Waals surface area (Å²) in [5.41, 5.74) is 0.350. The van der Waals surface area contributed by atoms with Crippen LogP contribution in [0.15, 0.2) is 24.3 Å². The van der Waals surface area contributed by atoms with E-state index in [0.717, 1.165) is 25.6 Å². The fourth-order valence-corrected chi connectivity index (χ4v) is 6.28. The highest BCUT2D eigenvalue weighted by atomic mass is 28.3. The number of amides is 1. The van der Waals surface area contributed by atoms with E-state index in [2.05, 4.69) is 36.8 Å². The Bertz CT molecular complexity index is 606. The van der Waals surface area contributed by atoms with Gasteiger partial charge in [-0.1, -0.05) is 39.1 Å². The van der Waals surface area contributed by atoms with Crippen molar-refractivity contribution in [3.05, 3.63) is 39.9 Å². The molecule has 7 nitrogen and oxygen atoms in total. The minimum absolute atomic E-state index is 0.0419. The topological polar surface area (TPSA) is 84.7 Å².